The Morgan fingerprint density at radius 2 is 1.41 bits per heavy atom. The standard InChI is InChI=1S/C31H24N2O/c32-20-21-8-6-11-24(18-21)33-29-19-23(16-17-25(29)22-9-2-1-3-10-22)26-13-7-14-28-27-12-4-5-15-30(27)34-31(26)28/h1-19,33H,20,32H2. The molecule has 0 saturated heterocycles. The minimum Gasteiger partial charge on any atom is -0.455 e. The third kappa shape index (κ3) is 3.62. The Morgan fingerprint density at radius 1 is 0.618 bits per heavy atom. The molecule has 3 heteroatoms. The molecule has 34 heavy (non-hydrogen) atoms. The van der Waals surface area contributed by atoms with Gasteiger partial charge >= 0.3 is 0 Å². The predicted octanol–water partition coefficient (Wildman–Crippen LogP) is 8.12. The molecule has 3 N–H and O–H groups in total. The van der Waals surface area contributed by atoms with E-state index in [4.69, 9.17) is 10.2 Å². The number of benzene rings is 5. The maximum Gasteiger partial charge on any atom is 0.143 e. The molecule has 0 aliphatic rings. The van der Waals surface area contributed by atoms with Crippen molar-refractivity contribution in [2.45, 2.75) is 6.54 Å². The minimum absolute atomic E-state index is 0.509. The number of hydrogen-bond donors (Lipinski definition) is 2. The molecule has 0 radical (unpaired) electrons. The first-order valence-corrected chi connectivity index (χ1v) is 11.5. The van der Waals surface area contributed by atoms with Gasteiger partial charge in [-0.3, -0.25) is 0 Å². The molecule has 6 aromatic rings. The fraction of sp³-hybridized carbons (Fsp3) is 0.0323. The molecule has 0 fully saturated rings. The summed E-state index contributed by atoms with van der Waals surface area (Å²) in [5, 5.41) is 5.91. The Kier molecular flexibility index (Phi) is 5.10. The zero-order chi connectivity index (χ0) is 22.9. The van der Waals surface area contributed by atoms with E-state index in [-0.39, 0.29) is 0 Å². The average Bonchev–Trinajstić information content (AvgIpc) is 3.28. The Hall–Kier alpha value is -4.34. The maximum atomic E-state index is 6.31. The lowest BCUT2D eigenvalue weighted by Crippen LogP contribution is -1.98. The number of rotatable bonds is 5. The van der Waals surface area contributed by atoms with Crippen LogP contribution in [0.3, 0.4) is 0 Å². The van der Waals surface area contributed by atoms with Gasteiger partial charge in [0.2, 0.25) is 0 Å². The molecule has 6 rings (SSSR count). The number of furan rings is 1. The summed E-state index contributed by atoms with van der Waals surface area (Å²) in [5.41, 5.74) is 15.3. The van der Waals surface area contributed by atoms with Crippen molar-refractivity contribution in [3.63, 3.8) is 0 Å². The van der Waals surface area contributed by atoms with E-state index >= 15 is 0 Å². The summed E-state index contributed by atoms with van der Waals surface area (Å²) >= 11 is 0. The van der Waals surface area contributed by atoms with Gasteiger partial charge in [-0.25, -0.2) is 0 Å². The second kappa shape index (κ2) is 8.54. The van der Waals surface area contributed by atoms with Crippen LogP contribution in [0.15, 0.2) is 120 Å². The van der Waals surface area contributed by atoms with E-state index in [0.717, 1.165) is 61.1 Å². The second-order valence-electron chi connectivity index (χ2n) is 8.44. The van der Waals surface area contributed by atoms with Crippen molar-refractivity contribution in [3.8, 4) is 22.3 Å². The monoisotopic (exact) mass is 440 g/mol. The Bertz CT molecular complexity index is 1620. The highest BCUT2D eigenvalue weighted by molar-refractivity contribution is 6.09. The Balaban J connectivity index is 1.52. The van der Waals surface area contributed by atoms with Crippen LogP contribution in [-0.2, 0) is 6.54 Å². The summed E-state index contributed by atoms with van der Waals surface area (Å²) in [5.74, 6) is 0. The molecule has 0 aliphatic carbocycles. The van der Waals surface area contributed by atoms with Crippen LogP contribution in [0, 0.1) is 0 Å². The normalized spacial score (nSPS) is 11.2. The summed E-state index contributed by atoms with van der Waals surface area (Å²) < 4.78 is 6.31. The average molecular weight is 441 g/mol. The molecule has 0 saturated carbocycles. The van der Waals surface area contributed by atoms with Crippen molar-refractivity contribution in [2.75, 3.05) is 5.32 Å². The van der Waals surface area contributed by atoms with E-state index in [0.29, 0.717) is 6.54 Å². The first kappa shape index (κ1) is 20.3. The lowest BCUT2D eigenvalue weighted by Gasteiger charge is -2.15. The minimum atomic E-state index is 0.509. The zero-order valence-electron chi connectivity index (χ0n) is 18.7. The molecule has 5 aromatic carbocycles. The van der Waals surface area contributed by atoms with E-state index in [1.807, 2.05) is 30.3 Å². The first-order chi connectivity index (χ1) is 16.8. The SMILES string of the molecule is NCc1cccc(Nc2cc(-c3cccc4c3oc3ccccc34)ccc2-c2ccccc2)c1. The fourth-order valence-corrected chi connectivity index (χ4v) is 4.59. The van der Waals surface area contributed by atoms with Gasteiger partial charge < -0.3 is 15.5 Å². The van der Waals surface area contributed by atoms with E-state index < -0.39 is 0 Å². The number of fused-ring (bicyclic) bond motifs is 3. The second-order valence-corrected chi connectivity index (χ2v) is 8.44. The van der Waals surface area contributed by atoms with Crippen molar-refractivity contribution in [2.24, 2.45) is 5.73 Å². The topological polar surface area (TPSA) is 51.2 Å². The number of nitrogens with two attached hydrogens (primary N) is 1. The highest BCUT2D eigenvalue weighted by Gasteiger charge is 2.14. The first-order valence-electron chi connectivity index (χ1n) is 11.5. The molecule has 1 aromatic heterocycles. The van der Waals surface area contributed by atoms with Gasteiger partial charge in [-0.15, -0.1) is 0 Å². The van der Waals surface area contributed by atoms with Crippen LogP contribution in [0.5, 0.6) is 0 Å². The van der Waals surface area contributed by atoms with Gasteiger partial charge in [0.25, 0.3) is 0 Å². The molecular formula is C31H24N2O. The van der Waals surface area contributed by atoms with Gasteiger partial charge in [0.1, 0.15) is 11.2 Å². The molecule has 1 heterocycles. The lowest BCUT2D eigenvalue weighted by atomic mass is 9.97. The molecule has 164 valence electrons. The van der Waals surface area contributed by atoms with E-state index in [9.17, 15) is 0 Å². The maximum absolute atomic E-state index is 6.31. The highest BCUT2D eigenvalue weighted by atomic mass is 16.3. The number of para-hydroxylation sites is 2. The van der Waals surface area contributed by atoms with Gasteiger partial charge in [-0.1, -0.05) is 91.0 Å². The van der Waals surface area contributed by atoms with Crippen LogP contribution in [0.4, 0.5) is 11.4 Å². The van der Waals surface area contributed by atoms with Gasteiger partial charge in [0.05, 0.1) is 0 Å². The molecule has 0 unspecified atom stereocenters. The van der Waals surface area contributed by atoms with E-state index in [1.54, 1.807) is 0 Å². The van der Waals surface area contributed by atoms with Gasteiger partial charge in [-0.05, 0) is 41.0 Å². The number of anilines is 2. The fourth-order valence-electron chi connectivity index (χ4n) is 4.59. The van der Waals surface area contributed by atoms with Gasteiger partial charge in [-0.2, -0.15) is 0 Å². The molecular weight excluding hydrogens is 416 g/mol. The van der Waals surface area contributed by atoms with Crippen LogP contribution in [0.25, 0.3) is 44.2 Å². The quantitative estimate of drug-likeness (QED) is 0.284. The molecule has 0 spiro atoms. The summed E-state index contributed by atoms with van der Waals surface area (Å²) in [7, 11) is 0. The van der Waals surface area contributed by atoms with Crippen molar-refractivity contribution in [3.05, 3.63) is 121 Å². The van der Waals surface area contributed by atoms with Crippen LogP contribution < -0.4 is 11.1 Å². The van der Waals surface area contributed by atoms with Gasteiger partial charge in [0, 0.05) is 39.8 Å². The lowest BCUT2D eigenvalue weighted by molar-refractivity contribution is 0.670. The van der Waals surface area contributed by atoms with Crippen molar-refractivity contribution in [1.29, 1.82) is 0 Å². The number of hydrogen-bond acceptors (Lipinski definition) is 3. The highest BCUT2D eigenvalue weighted by Crippen LogP contribution is 2.39. The molecule has 3 nitrogen and oxygen atoms in total. The molecule has 0 aliphatic heterocycles. The Labute approximate surface area is 198 Å². The summed E-state index contributed by atoms with van der Waals surface area (Å²) in [4.78, 5) is 0. The molecule has 0 bridgehead atoms. The summed E-state index contributed by atoms with van der Waals surface area (Å²) in [6.45, 7) is 0.509. The van der Waals surface area contributed by atoms with Gasteiger partial charge in [0.15, 0.2) is 0 Å². The predicted molar refractivity (Wildman–Crippen MR) is 142 cm³/mol. The van der Waals surface area contributed by atoms with Crippen molar-refractivity contribution < 1.29 is 4.42 Å². The van der Waals surface area contributed by atoms with Crippen LogP contribution in [-0.4, -0.2) is 0 Å². The molecule has 0 atom stereocenters. The van der Waals surface area contributed by atoms with E-state index in [1.165, 1.54) is 0 Å². The van der Waals surface area contributed by atoms with Crippen LogP contribution in [0.2, 0.25) is 0 Å². The third-order valence-corrected chi connectivity index (χ3v) is 6.26. The third-order valence-electron chi connectivity index (χ3n) is 6.26. The van der Waals surface area contributed by atoms with E-state index in [2.05, 4.69) is 90.2 Å². The molecule has 0 amide bonds. The van der Waals surface area contributed by atoms with Crippen LogP contribution in [0.1, 0.15) is 5.56 Å². The van der Waals surface area contributed by atoms with Crippen LogP contribution >= 0.6 is 0 Å². The largest absolute Gasteiger partial charge is 0.455 e. The van der Waals surface area contributed by atoms with Crippen molar-refractivity contribution >= 4 is 33.3 Å². The Morgan fingerprint density at radius 3 is 2.29 bits per heavy atom. The summed E-state index contributed by atoms with van der Waals surface area (Å²) in [6.07, 6.45) is 0. The summed E-state index contributed by atoms with van der Waals surface area (Å²) in [6, 6.07) is 39.8. The zero-order valence-corrected chi connectivity index (χ0v) is 18.7. The smallest absolute Gasteiger partial charge is 0.143 e. The van der Waals surface area contributed by atoms with Crippen molar-refractivity contribution in [1.82, 2.24) is 0 Å². The number of nitrogens with one attached hydrogen (secondary N) is 1.